The topological polar surface area (TPSA) is 6.48 Å². The van der Waals surface area contributed by atoms with Crippen molar-refractivity contribution in [1.82, 2.24) is 0 Å². The van der Waals surface area contributed by atoms with Gasteiger partial charge in [0.05, 0.1) is 0 Å². The van der Waals surface area contributed by atoms with Crippen LogP contribution in [0.2, 0.25) is 0 Å². The molecule has 2 nitrogen and oxygen atoms in total. The zero-order chi connectivity index (χ0) is 41.1. The molecule has 5 aromatic carbocycles. The van der Waals surface area contributed by atoms with Crippen LogP contribution >= 0.6 is 0 Å². The molecule has 298 valence electrons. The molecule has 0 amide bonds. The summed E-state index contributed by atoms with van der Waals surface area (Å²) in [7, 11) is 0. The fraction of sp³-hybridized carbons (Fsp3) is 0.455. The van der Waals surface area contributed by atoms with E-state index in [-0.39, 0.29) is 39.3 Å². The average Bonchev–Trinajstić information content (AvgIpc) is 3.16. The van der Waals surface area contributed by atoms with Crippen molar-refractivity contribution >= 4 is 46.2 Å². The first kappa shape index (κ1) is 38.0. The molecule has 3 heteroatoms. The van der Waals surface area contributed by atoms with Crippen LogP contribution in [0.3, 0.4) is 0 Å². The van der Waals surface area contributed by atoms with Crippen LogP contribution in [0, 0.1) is 6.92 Å². The van der Waals surface area contributed by atoms with Gasteiger partial charge in [-0.1, -0.05) is 119 Å². The molecule has 0 fully saturated rings. The normalized spacial score (nSPS) is 21.8. The van der Waals surface area contributed by atoms with Crippen molar-refractivity contribution in [1.29, 1.82) is 0 Å². The van der Waals surface area contributed by atoms with E-state index in [9.17, 15) is 0 Å². The van der Waals surface area contributed by atoms with Gasteiger partial charge in [0, 0.05) is 34.0 Å². The zero-order valence-electron chi connectivity index (χ0n) is 37.8. The molecule has 0 saturated heterocycles. The number of benzene rings is 5. The lowest BCUT2D eigenvalue weighted by Crippen LogP contribution is -2.62. The second kappa shape index (κ2) is 12.0. The van der Waals surface area contributed by atoms with Crippen LogP contribution in [-0.2, 0) is 32.5 Å². The maximum Gasteiger partial charge on any atom is 0.333 e. The SMILES string of the molecule is Cc1cc2c3c(c1)N(c1ccccc1)c1cc4c(cc1B3N(c1ccc3c(c1)C(C)(C)CCC3(C)C)c1cc3c(cc1-2)C(C)(C)CCC3(C)C)C(C)(C)CCC4(C)C. The summed E-state index contributed by atoms with van der Waals surface area (Å²) in [5.74, 6) is 0. The second-order valence-corrected chi connectivity index (χ2v) is 23.1. The average molecular weight is 765 g/mol. The Morgan fingerprint density at radius 1 is 0.414 bits per heavy atom. The van der Waals surface area contributed by atoms with Crippen molar-refractivity contribution in [3.05, 3.63) is 124 Å². The predicted molar refractivity (Wildman–Crippen MR) is 251 cm³/mol. The van der Waals surface area contributed by atoms with Crippen molar-refractivity contribution in [2.75, 3.05) is 9.71 Å². The van der Waals surface area contributed by atoms with Gasteiger partial charge in [-0.3, -0.25) is 0 Å². The number of aryl methyl sites for hydroxylation is 1. The van der Waals surface area contributed by atoms with Crippen molar-refractivity contribution in [3.63, 3.8) is 0 Å². The molecule has 0 saturated carbocycles. The Labute approximate surface area is 350 Å². The summed E-state index contributed by atoms with van der Waals surface area (Å²) in [5, 5.41) is 0. The van der Waals surface area contributed by atoms with E-state index in [4.69, 9.17) is 0 Å². The van der Waals surface area contributed by atoms with Crippen molar-refractivity contribution in [2.24, 2.45) is 0 Å². The minimum Gasteiger partial charge on any atom is -0.376 e. The van der Waals surface area contributed by atoms with Crippen LogP contribution in [0.25, 0.3) is 11.1 Å². The first-order valence-electron chi connectivity index (χ1n) is 22.4. The summed E-state index contributed by atoms with van der Waals surface area (Å²) in [6, 6.07) is 34.5. The van der Waals surface area contributed by atoms with Gasteiger partial charge < -0.3 is 9.71 Å². The van der Waals surface area contributed by atoms with Crippen LogP contribution in [0.15, 0.2) is 84.9 Å². The number of para-hydroxylation sites is 1. The van der Waals surface area contributed by atoms with E-state index in [2.05, 4.69) is 185 Å². The molecule has 5 aromatic rings. The van der Waals surface area contributed by atoms with E-state index in [1.165, 1.54) is 128 Å². The molecule has 2 heterocycles. The number of rotatable bonds is 2. The first-order chi connectivity index (χ1) is 27.1. The van der Waals surface area contributed by atoms with E-state index in [0.29, 0.717) is 0 Å². The largest absolute Gasteiger partial charge is 0.376 e. The van der Waals surface area contributed by atoms with E-state index < -0.39 is 0 Å². The molecule has 0 bridgehead atoms. The van der Waals surface area contributed by atoms with Gasteiger partial charge in [-0.15, -0.1) is 0 Å². The van der Waals surface area contributed by atoms with Crippen LogP contribution in [0.4, 0.5) is 28.4 Å². The highest BCUT2D eigenvalue weighted by atomic mass is 15.2. The van der Waals surface area contributed by atoms with E-state index in [0.717, 1.165) is 0 Å². The Bertz CT molecular complexity index is 2550. The summed E-state index contributed by atoms with van der Waals surface area (Å²) in [5.41, 5.74) is 23.3. The number of fused-ring (bicyclic) bond motifs is 7. The Balaban J connectivity index is 1.36. The van der Waals surface area contributed by atoms with Crippen molar-refractivity contribution in [2.45, 2.75) is 161 Å². The zero-order valence-corrected chi connectivity index (χ0v) is 37.8. The molecule has 0 unspecified atom stereocenters. The van der Waals surface area contributed by atoms with Crippen LogP contribution in [0.1, 0.15) is 161 Å². The highest BCUT2D eigenvalue weighted by Gasteiger charge is 2.50. The summed E-state index contributed by atoms with van der Waals surface area (Å²) < 4.78 is 0. The molecular weight excluding hydrogens is 699 g/mol. The van der Waals surface area contributed by atoms with Gasteiger partial charge in [0.15, 0.2) is 0 Å². The number of anilines is 5. The van der Waals surface area contributed by atoms with Crippen LogP contribution in [-0.4, -0.2) is 6.85 Å². The molecule has 0 spiro atoms. The van der Waals surface area contributed by atoms with Gasteiger partial charge in [0.2, 0.25) is 0 Å². The Kier molecular flexibility index (Phi) is 7.83. The highest BCUT2D eigenvalue weighted by molar-refractivity contribution is 6.93. The van der Waals surface area contributed by atoms with Crippen LogP contribution < -0.4 is 20.6 Å². The molecule has 2 aliphatic heterocycles. The lowest BCUT2D eigenvalue weighted by Gasteiger charge is -2.50. The minimum atomic E-state index is 0.00901. The number of hydrogen-bond donors (Lipinski definition) is 0. The molecule has 0 atom stereocenters. The maximum absolute atomic E-state index is 2.82. The molecule has 5 aliphatic rings. The van der Waals surface area contributed by atoms with Crippen molar-refractivity contribution in [3.8, 4) is 11.1 Å². The van der Waals surface area contributed by atoms with Gasteiger partial charge >= 0.3 is 6.85 Å². The Hall–Kier alpha value is -4.24. The fourth-order valence-corrected chi connectivity index (χ4v) is 12.1. The second-order valence-electron chi connectivity index (χ2n) is 23.1. The van der Waals surface area contributed by atoms with E-state index in [1.54, 1.807) is 0 Å². The van der Waals surface area contributed by atoms with E-state index >= 15 is 0 Å². The minimum absolute atomic E-state index is 0.00901. The number of nitrogens with zero attached hydrogens (tertiary/aromatic N) is 2. The lowest BCUT2D eigenvalue weighted by molar-refractivity contribution is 0.332. The third-order valence-electron chi connectivity index (χ3n) is 16.3. The van der Waals surface area contributed by atoms with Gasteiger partial charge in [0.1, 0.15) is 0 Å². The van der Waals surface area contributed by atoms with Crippen LogP contribution in [0.5, 0.6) is 0 Å². The highest BCUT2D eigenvalue weighted by Crippen LogP contribution is 2.56. The molecule has 0 N–H and O–H groups in total. The molecule has 10 rings (SSSR count). The summed E-state index contributed by atoms with van der Waals surface area (Å²) in [6.07, 6.45) is 7.20. The molecule has 58 heavy (non-hydrogen) atoms. The lowest BCUT2D eigenvalue weighted by atomic mass is 9.42. The standard InChI is InChI=1S/C55H65BN2/c1-34-27-38-37-30-41-43(54(10,11)25-23-52(41,6)7)32-46(37)58(36-19-20-39-40(29-36)51(4,5)22-21-50(39,2)3)56-45-31-42-44(55(12,13)26-24-53(42,8)9)33-47(45)57(48(28-34)49(38)56)35-17-15-14-16-18-35/h14-20,27-33H,21-26H2,1-13H3. The fourth-order valence-electron chi connectivity index (χ4n) is 12.1. The van der Waals surface area contributed by atoms with Gasteiger partial charge in [0.25, 0.3) is 0 Å². The summed E-state index contributed by atoms with van der Waals surface area (Å²) in [4.78, 5) is 5.45. The Morgan fingerprint density at radius 3 is 1.47 bits per heavy atom. The molecule has 0 aromatic heterocycles. The monoisotopic (exact) mass is 765 g/mol. The van der Waals surface area contributed by atoms with Gasteiger partial charge in [-0.2, -0.15) is 0 Å². The molecular formula is C55H65BN2. The van der Waals surface area contributed by atoms with Gasteiger partial charge in [-0.05, 0) is 182 Å². The quantitative estimate of drug-likeness (QED) is 0.165. The summed E-state index contributed by atoms with van der Waals surface area (Å²) >= 11 is 0. The van der Waals surface area contributed by atoms with Crippen molar-refractivity contribution < 1.29 is 0 Å². The van der Waals surface area contributed by atoms with Gasteiger partial charge in [-0.25, -0.2) is 0 Å². The molecule has 0 radical (unpaired) electrons. The predicted octanol–water partition coefficient (Wildman–Crippen LogP) is 13.7. The number of hydrogen-bond acceptors (Lipinski definition) is 2. The smallest absolute Gasteiger partial charge is 0.333 e. The Morgan fingerprint density at radius 2 is 0.897 bits per heavy atom. The third kappa shape index (κ3) is 5.36. The third-order valence-corrected chi connectivity index (χ3v) is 16.3. The maximum atomic E-state index is 2.82. The summed E-state index contributed by atoms with van der Waals surface area (Å²) in [6.45, 7) is 32.1. The first-order valence-corrected chi connectivity index (χ1v) is 22.4. The molecule has 3 aliphatic carbocycles. The van der Waals surface area contributed by atoms with E-state index in [1.807, 2.05) is 0 Å².